The van der Waals surface area contributed by atoms with Gasteiger partial charge < -0.3 is 15.4 Å². The molecular weight excluding hydrogens is 264 g/mol. The first-order valence-electron chi connectivity index (χ1n) is 6.23. The van der Waals surface area contributed by atoms with Crippen molar-refractivity contribution in [3.63, 3.8) is 0 Å². The number of nitrogens with two attached hydrogens (primary N) is 1. The predicted molar refractivity (Wildman–Crippen MR) is 76.8 cm³/mol. The van der Waals surface area contributed by atoms with Crippen LogP contribution in [0.2, 0.25) is 0 Å². The zero-order valence-electron chi connectivity index (χ0n) is 10.5. The average Bonchev–Trinajstić information content (AvgIpc) is 2.64. The van der Waals surface area contributed by atoms with Crippen LogP contribution in [0.25, 0.3) is 10.9 Å². The molecule has 1 aliphatic rings. The van der Waals surface area contributed by atoms with E-state index in [0.29, 0.717) is 0 Å². The fourth-order valence-electron chi connectivity index (χ4n) is 2.94. The minimum atomic E-state index is -0.798. The highest BCUT2D eigenvalue weighted by Gasteiger charge is 2.23. The van der Waals surface area contributed by atoms with Crippen molar-refractivity contribution < 1.29 is 9.90 Å². The Kier molecular flexibility index (Phi) is 3.83. The molecule has 0 spiro atoms. The molecule has 1 heterocycles. The molecule has 0 amide bonds. The largest absolute Gasteiger partial charge is 0.480 e. The maximum Gasteiger partial charge on any atom is 0.323 e. The highest BCUT2D eigenvalue weighted by molar-refractivity contribution is 5.87. The number of carboxylic acid groups (broad SMARTS) is 1. The lowest BCUT2D eigenvalue weighted by Crippen LogP contribution is -2.28. The maximum atomic E-state index is 11.0. The van der Waals surface area contributed by atoms with Crippen LogP contribution in [-0.2, 0) is 24.2 Å². The number of rotatable bonds is 2. The number of aliphatic carboxylic acids is 1. The van der Waals surface area contributed by atoms with Gasteiger partial charge in [0.05, 0.1) is 0 Å². The maximum absolute atomic E-state index is 11.0. The fourth-order valence-corrected chi connectivity index (χ4v) is 2.94. The summed E-state index contributed by atoms with van der Waals surface area (Å²) in [4.78, 5) is 11.0. The number of nitrogens with zero attached hydrogens (tertiary/aromatic N) is 1. The SMILES string of the molecule is Cl.NC1CCc2c(c3ccccc3n2CC(=O)O)C1. The number of carboxylic acids is 1. The van der Waals surface area contributed by atoms with Crippen molar-refractivity contribution in [2.24, 2.45) is 5.73 Å². The first-order valence-corrected chi connectivity index (χ1v) is 6.23. The molecule has 102 valence electrons. The summed E-state index contributed by atoms with van der Waals surface area (Å²) in [6.07, 6.45) is 2.66. The molecule has 0 saturated heterocycles. The van der Waals surface area contributed by atoms with Gasteiger partial charge in [0.1, 0.15) is 6.54 Å². The second kappa shape index (κ2) is 5.23. The van der Waals surface area contributed by atoms with Crippen molar-refractivity contribution >= 4 is 29.3 Å². The van der Waals surface area contributed by atoms with Gasteiger partial charge in [-0.2, -0.15) is 0 Å². The third kappa shape index (κ3) is 2.33. The van der Waals surface area contributed by atoms with Gasteiger partial charge >= 0.3 is 5.97 Å². The van der Waals surface area contributed by atoms with Crippen molar-refractivity contribution in [2.75, 3.05) is 0 Å². The summed E-state index contributed by atoms with van der Waals surface area (Å²) in [7, 11) is 0. The van der Waals surface area contributed by atoms with E-state index in [2.05, 4.69) is 6.07 Å². The molecule has 1 aliphatic carbocycles. The third-order valence-electron chi connectivity index (χ3n) is 3.71. The molecule has 19 heavy (non-hydrogen) atoms. The smallest absolute Gasteiger partial charge is 0.323 e. The second-order valence-corrected chi connectivity index (χ2v) is 4.93. The Labute approximate surface area is 117 Å². The van der Waals surface area contributed by atoms with Gasteiger partial charge in [-0.25, -0.2) is 0 Å². The summed E-state index contributed by atoms with van der Waals surface area (Å²) in [5.41, 5.74) is 9.43. The monoisotopic (exact) mass is 280 g/mol. The van der Waals surface area contributed by atoms with Gasteiger partial charge in [0.15, 0.2) is 0 Å². The van der Waals surface area contributed by atoms with Gasteiger partial charge in [0, 0.05) is 22.6 Å². The van der Waals surface area contributed by atoms with Crippen molar-refractivity contribution in [1.29, 1.82) is 0 Å². The van der Waals surface area contributed by atoms with Crippen LogP contribution in [0.5, 0.6) is 0 Å². The van der Waals surface area contributed by atoms with Crippen molar-refractivity contribution in [3.05, 3.63) is 35.5 Å². The minimum absolute atomic E-state index is 0. The number of benzene rings is 1. The summed E-state index contributed by atoms with van der Waals surface area (Å²) in [5.74, 6) is -0.798. The molecule has 2 aromatic rings. The van der Waals surface area contributed by atoms with E-state index in [-0.39, 0.29) is 25.0 Å². The van der Waals surface area contributed by atoms with E-state index < -0.39 is 5.97 Å². The van der Waals surface area contributed by atoms with E-state index in [9.17, 15) is 4.79 Å². The van der Waals surface area contributed by atoms with Gasteiger partial charge in [0.2, 0.25) is 0 Å². The Morgan fingerprint density at radius 1 is 1.42 bits per heavy atom. The Morgan fingerprint density at radius 2 is 2.16 bits per heavy atom. The van der Waals surface area contributed by atoms with Crippen LogP contribution >= 0.6 is 12.4 Å². The molecule has 5 heteroatoms. The fraction of sp³-hybridized carbons (Fsp3) is 0.357. The first-order chi connectivity index (χ1) is 8.66. The molecule has 1 aromatic heterocycles. The molecule has 3 N–H and O–H groups in total. The highest BCUT2D eigenvalue weighted by atomic mass is 35.5. The van der Waals surface area contributed by atoms with Gasteiger partial charge in [-0.3, -0.25) is 4.79 Å². The standard InChI is InChI=1S/C14H16N2O2.ClH/c15-9-5-6-13-11(7-9)10-3-1-2-4-12(10)16(13)8-14(17)18;/h1-4,9H,5-8,15H2,(H,17,18);1H. The Bertz CT molecular complexity index is 621. The molecule has 3 rings (SSSR count). The van der Waals surface area contributed by atoms with Crippen LogP contribution in [0, 0.1) is 0 Å². The van der Waals surface area contributed by atoms with Gasteiger partial charge in [-0.05, 0) is 30.9 Å². The number of fused-ring (bicyclic) bond motifs is 3. The lowest BCUT2D eigenvalue weighted by Gasteiger charge is -2.20. The summed E-state index contributed by atoms with van der Waals surface area (Å²) < 4.78 is 1.93. The Hall–Kier alpha value is -1.52. The number of hydrogen-bond donors (Lipinski definition) is 2. The minimum Gasteiger partial charge on any atom is -0.480 e. The van der Waals surface area contributed by atoms with E-state index >= 15 is 0 Å². The molecule has 0 saturated carbocycles. The quantitative estimate of drug-likeness (QED) is 0.884. The number of para-hydroxylation sites is 1. The number of halogens is 1. The molecular formula is C14H17ClN2O2. The van der Waals surface area contributed by atoms with Crippen molar-refractivity contribution in [1.82, 2.24) is 4.57 Å². The molecule has 0 aliphatic heterocycles. The molecule has 1 atom stereocenters. The molecule has 4 nitrogen and oxygen atoms in total. The Balaban J connectivity index is 0.00000133. The van der Waals surface area contributed by atoms with Crippen LogP contribution in [0.1, 0.15) is 17.7 Å². The second-order valence-electron chi connectivity index (χ2n) is 4.93. The summed E-state index contributed by atoms with van der Waals surface area (Å²) in [6, 6.07) is 8.19. The van der Waals surface area contributed by atoms with Crippen LogP contribution in [0.4, 0.5) is 0 Å². The normalized spacial score (nSPS) is 17.8. The summed E-state index contributed by atoms with van der Waals surface area (Å²) >= 11 is 0. The topological polar surface area (TPSA) is 68.2 Å². The molecule has 0 radical (unpaired) electrons. The van der Waals surface area contributed by atoms with Crippen LogP contribution in [-0.4, -0.2) is 21.7 Å². The number of aromatic nitrogens is 1. The van der Waals surface area contributed by atoms with E-state index in [1.54, 1.807) is 0 Å². The molecule has 0 fully saturated rings. The van der Waals surface area contributed by atoms with E-state index in [1.165, 1.54) is 5.56 Å². The zero-order chi connectivity index (χ0) is 12.7. The third-order valence-corrected chi connectivity index (χ3v) is 3.71. The lowest BCUT2D eigenvalue weighted by atomic mass is 9.92. The number of hydrogen-bond acceptors (Lipinski definition) is 2. The van der Waals surface area contributed by atoms with Crippen molar-refractivity contribution in [3.8, 4) is 0 Å². The van der Waals surface area contributed by atoms with Crippen LogP contribution in [0.15, 0.2) is 24.3 Å². The Morgan fingerprint density at radius 3 is 2.89 bits per heavy atom. The molecule has 1 aromatic carbocycles. The predicted octanol–water partition coefficient (Wildman–Crippen LogP) is 1.96. The number of carbonyl (C=O) groups is 1. The van der Waals surface area contributed by atoms with Crippen LogP contribution < -0.4 is 5.73 Å². The van der Waals surface area contributed by atoms with E-state index in [0.717, 1.165) is 35.9 Å². The molecule has 0 bridgehead atoms. The lowest BCUT2D eigenvalue weighted by molar-refractivity contribution is -0.137. The van der Waals surface area contributed by atoms with E-state index in [1.807, 2.05) is 22.8 Å². The summed E-state index contributed by atoms with van der Waals surface area (Å²) in [6.45, 7) is 0.0328. The van der Waals surface area contributed by atoms with Crippen molar-refractivity contribution in [2.45, 2.75) is 31.8 Å². The zero-order valence-corrected chi connectivity index (χ0v) is 11.3. The first kappa shape index (κ1) is 13.9. The average molecular weight is 281 g/mol. The molecule has 1 unspecified atom stereocenters. The van der Waals surface area contributed by atoms with E-state index in [4.69, 9.17) is 10.8 Å². The summed E-state index contributed by atoms with van der Waals surface area (Å²) in [5, 5.41) is 10.2. The van der Waals surface area contributed by atoms with Gasteiger partial charge in [0.25, 0.3) is 0 Å². The van der Waals surface area contributed by atoms with Crippen LogP contribution in [0.3, 0.4) is 0 Å². The highest BCUT2D eigenvalue weighted by Crippen LogP contribution is 2.31. The van der Waals surface area contributed by atoms with Gasteiger partial charge in [-0.1, -0.05) is 18.2 Å². The van der Waals surface area contributed by atoms with Gasteiger partial charge in [-0.15, -0.1) is 12.4 Å².